The lowest BCUT2D eigenvalue weighted by atomic mass is 10.2. The van der Waals surface area contributed by atoms with E-state index in [1.807, 2.05) is 13.8 Å². The molecule has 1 aromatic rings. The third-order valence-electron chi connectivity index (χ3n) is 2.40. The molecular formula is C10H14N4O2S3. The standard InChI is InChI=1S/C10H14N4O2S3/c1-6(2)8-13-14-10(18-8)12-9(17)11-7-3-4-19(15,16)5-7/h3-4,6-7H,5H2,1-2H3,(H2,11,12,14,17)/t7-/m1/s1. The van der Waals surface area contributed by atoms with Crippen LogP contribution in [-0.2, 0) is 9.84 Å². The van der Waals surface area contributed by atoms with Crippen LogP contribution in [0.5, 0.6) is 0 Å². The topological polar surface area (TPSA) is 84.0 Å². The number of anilines is 1. The van der Waals surface area contributed by atoms with Gasteiger partial charge in [0.25, 0.3) is 0 Å². The molecule has 0 fully saturated rings. The van der Waals surface area contributed by atoms with Gasteiger partial charge < -0.3 is 10.6 Å². The van der Waals surface area contributed by atoms with Crippen molar-refractivity contribution < 1.29 is 8.42 Å². The number of hydrogen-bond donors (Lipinski definition) is 2. The number of aromatic nitrogens is 2. The van der Waals surface area contributed by atoms with Crippen molar-refractivity contribution in [3.8, 4) is 0 Å². The van der Waals surface area contributed by atoms with E-state index in [0.717, 1.165) is 5.01 Å². The number of rotatable bonds is 3. The van der Waals surface area contributed by atoms with Crippen LogP contribution in [0.4, 0.5) is 5.13 Å². The van der Waals surface area contributed by atoms with E-state index in [0.29, 0.717) is 16.2 Å². The fourth-order valence-corrected chi connectivity index (χ4v) is 3.78. The molecule has 0 unspecified atom stereocenters. The first-order valence-electron chi connectivity index (χ1n) is 5.67. The third kappa shape index (κ3) is 3.95. The minimum absolute atomic E-state index is 0.0299. The minimum Gasteiger partial charge on any atom is -0.355 e. The molecule has 0 aromatic carbocycles. The van der Waals surface area contributed by atoms with Crippen LogP contribution >= 0.6 is 23.6 Å². The van der Waals surface area contributed by atoms with Gasteiger partial charge in [-0.05, 0) is 18.3 Å². The number of nitrogens with one attached hydrogen (secondary N) is 2. The highest BCUT2D eigenvalue weighted by Gasteiger charge is 2.22. The lowest BCUT2D eigenvalue weighted by Crippen LogP contribution is -2.38. The fourth-order valence-electron chi connectivity index (χ4n) is 1.49. The molecule has 0 radical (unpaired) electrons. The molecule has 1 aromatic heterocycles. The highest BCUT2D eigenvalue weighted by atomic mass is 32.2. The maximum Gasteiger partial charge on any atom is 0.211 e. The van der Waals surface area contributed by atoms with Gasteiger partial charge in [-0.3, -0.25) is 0 Å². The van der Waals surface area contributed by atoms with Crippen molar-refractivity contribution in [2.75, 3.05) is 11.1 Å². The van der Waals surface area contributed by atoms with Gasteiger partial charge in [-0.1, -0.05) is 25.2 Å². The number of sulfone groups is 1. The van der Waals surface area contributed by atoms with Crippen molar-refractivity contribution >= 4 is 43.6 Å². The SMILES string of the molecule is CC(C)c1nnc(NC(=S)N[C@@H]2C=CS(=O)(=O)C2)s1. The molecule has 0 aliphatic carbocycles. The molecule has 2 heterocycles. The van der Waals surface area contributed by atoms with Crippen LogP contribution in [0.2, 0.25) is 0 Å². The Balaban J connectivity index is 1.89. The quantitative estimate of drug-likeness (QED) is 0.812. The summed E-state index contributed by atoms with van der Waals surface area (Å²) in [5.41, 5.74) is 0. The Hall–Kier alpha value is -1.06. The molecule has 2 N–H and O–H groups in total. The average Bonchev–Trinajstić information content (AvgIpc) is 2.85. The zero-order valence-corrected chi connectivity index (χ0v) is 12.9. The van der Waals surface area contributed by atoms with E-state index in [9.17, 15) is 8.42 Å². The zero-order valence-electron chi connectivity index (χ0n) is 10.5. The Morgan fingerprint density at radius 3 is 2.79 bits per heavy atom. The maximum atomic E-state index is 11.2. The van der Waals surface area contributed by atoms with Gasteiger partial charge >= 0.3 is 0 Å². The second kappa shape index (κ2) is 5.51. The Kier molecular flexibility index (Phi) is 4.16. The van der Waals surface area contributed by atoms with Crippen molar-refractivity contribution in [2.24, 2.45) is 0 Å². The molecule has 1 atom stereocenters. The Morgan fingerprint density at radius 1 is 1.53 bits per heavy atom. The van der Waals surface area contributed by atoms with E-state index in [1.54, 1.807) is 6.08 Å². The predicted octanol–water partition coefficient (Wildman–Crippen LogP) is 1.26. The molecule has 0 saturated heterocycles. The molecule has 2 rings (SSSR count). The van der Waals surface area contributed by atoms with Crippen molar-refractivity contribution in [3.63, 3.8) is 0 Å². The third-order valence-corrected chi connectivity index (χ3v) is 5.16. The molecule has 6 nitrogen and oxygen atoms in total. The molecule has 19 heavy (non-hydrogen) atoms. The molecule has 0 saturated carbocycles. The number of hydrogen-bond acceptors (Lipinski definition) is 6. The van der Waals surface area contributed by atoms with Gasteiger partial charge in [0, 0.05) is 11.3 Å². The lowest BCUT2D eigenvalue weighted by Gasteiger charge is -2.12. The Morgan fingerprint density at radius 2 is 2.26 bits per heavy atom. The van der Waals surface area contributed by atoms with Crippen LogP contribution in [0.3, 0.4) is 0 Å². The summed E-state index contributed by atoms with van der Waals surface area (Å²) in [5.74, 6) is 0.347. The monoisotopic (exact) mass is 318 g/mol. The molecule has 1 aliphatic heterocycles. The summed E-state index contributed by atoms with van der Waals surface area (Å²) < 4.78 is 22.5. The van der Waals surface area contributed by atoms with E-state index in [1.165, 1.54) is 16.7 Å². The van der Waals surface area contributed by atoms with Crippen LogP contribution in [0, 0.1) is 0 Å². The largest absolute Gasteiger partial charge is 0.355 e. The average molecular weight is 318 g/mol. The first-order chi connectivity index (χ1) is 8.85. The van der Waals surface area contributed by atoms with Crippen LogP contribution in [0.1, 0.15) is 24.8 Å². The van der Waals surface area contributed by atoms with Gasteiger partial charge in [0.05, 0.1) is 11.8 Å². The van der Waals surface area contributed by atoms with Crippen LogP contribution < -0.4 is 10.6 Å². The number of nitrogens with zero attached hydrogens (tertiary/aromatic N) is 2. The van der Waals surface area contributed by atoms with Crippen molar-refractivity contribution in [2.45, 2.75) is 25.8 Å². The second-order valence-electron chi connectivity index (χ2n) is 4.46. The van der Waals surface area contributed by atoms with E-state index >= 15 is 0 Å². The number of thiocarbonyl (C=S) groups is 1. The van der Waals surface area contributed by atoms with Gasteiger partial charge in [-0.25, -0.2) is 8.42 Å². The molecule has 9 heteroatoms. The highest BCUT2D eigenvalue weighted by molar-refractivity contribution is 7.94. The summed E-state index contributed by atoms with van der Waals surface area (Å²) in [5, 5.41) is 16.9. The van der Waals surface area contributed by atoms with Gasteiger partial charge in [0.1, 0.15) is 5.01 Å². The molecule has 0 bridgehead atoms. The first-order valence-corrected chi connectivity index (χ1v) is 8.61. The van der Waals surface area contributed by atoms with Crippen molar-refractivity contribution in [1.82, 2.24) is 15.5 Å². The molecule has 0 spiro atoms. The molecular weight excluding hydrogens is 304 g/mol. The van der Waals surface area contributed by atoms with Gasteiger partial charge in [-0.15, -0.1) is 10.2 Å². The summed E-state index contributed by atoms with van der Waals surface area (Å²) in [4.78, 5) is 0. The molecule has 0 amide bonds. The second-order valence-corrected chi connectivity index (χ2v) is 7.81. The highest BCUT2D eigenvalue weighted by Crippen LogP contribution is 2.22. The smallest absolute Gasteiger partial charge is 0.211 e. The summed E-state index contributed by atoms with van der Waals surface area (Å²) in [6, 6.07) is -0.289. The van der Waals surface area contributed by atoms with Crippen molar-refractivity contribution in [1.29, 1.82) is 0 Å². The first kappa shape index (κ1) is 14.4. The van der Waals surface area contributed by atoms with Gasteiger partial charge in [0.15, 0.2) is 14.9 Å². The lowest BCUT2D eigenvalue weighted by molar-refractivity contribution is 0.603. The summed E-state index contributed by atoms with van der Waals surface area (Å²) in [7, 11) is -3.08. The zero-order chi connectivity index (χ0) is 14.0. The predicted molar refractivity (Wildman–Crippen MR) is 80.1 cm³/mol. The van der Waals surface area contributed by atoms with Gasteiger partial charge in [-0.2, -0.15) is 0 Å². The summed E-state index contributed by atoms with van der Waals surface area (Å²) in [6.45, 7) is 4.07. The van der Waals surface area contributed by atoms with E-state index in [-0.39, 0.29) is 11.8 Å². The summed E-state index contributed by atoms with van der Waals surface area (Å²) >= 11 is 6.54. The Bertz CT molecular complexity index is 606. The van der Waals surface area contributed by atoms with E-state index < -0.39 is 9.84 Å². The van der Waals surface area contributed by atoms with Gasteiger partial charge in [0.2, 0.25) is 5.13 Å². The molecule has 1 aliphatic rings. The minimum atomic E-state index is -3.08. The maximum absolute atomic E-state index is 11.2. The summed E-state index contributed by atoms with van der Waals surface area (Å²) in [6.07, 6.45) is 1.59. The van der Waals surface area contributed by atoms with Crippen LogP contribution in [0.25, 0.3) is 0 Å². The normalized spacial score (nSPS) is 20.7. The molecule has 104 valence electrons. The Labute approximate surface area is 121 Å². The van der Waals surface area contributed by atoms with Crippen LogP contribution in [-0.4, -0.2) is 35.5 Å². The van der Waals surface area contributed by atoms with E-state index in [4.69, 9.17) is 12.2 Å². The van der Waals surface area contributed by atoms with Crippen LogP contribution in [0.15, 0.2) is 11.5 Å². The van der Waals surface area contributed by atoms with E-state index in [2.05, 4.69) is 20.8 Å². The fraction of sp³-hybridized carbons (Fsp3) is 0.500. The van der Waals surface area contributed by atoms with Crippen molar-refractivity contribution in [3.05, 3.63) is 16.5 Å².